The molecule has 0 radical (unpaired) electrons. The predicted molar refractivity (Wildman–Crippen MR) is 89.5 cm³/mol. The molecule has 1 unspecified atom stereocenters. The number of hydrogen-bond acceptors (Lipinski definition) is 3. The van der Waals surface area contributed by atoms with Gasteiger partial charge in [-0.2, -0.15) is 11.8 Å². The molecule has 2 aliphatic carbocycles. The van der Waals surface area contributed by atoms with Gasteiger partial charge in [0.2, 0.25) is 0 Å². The number of nitrogens with zero attached hydrogens (tertiary/aromatic N) is 1. The summed E-state index contributed by atoms with van der Waals surface area (Å²) < 4.78 is 0. The van der Waals surface area contributed by atoms with E-state index in [0.717, 1.165) is 5.92 Å². The van der Waals surface area contributed by atoms with Crippen molar-refractivity contribution in [2.24, 2.45) is 5.92 Å². The van der Waals surface area contributed by atoms with Gasteiger partial charge in [-0.3, -0.25) is 4.90 Å². The first-order valence-corrected chi connectivity index (χ1v) is 10.1. The lowest BCUT2D eigenvalue weighted by atomic mass is 9.75. The molecule has 3 aliphatic rings. The van der Waals surface area contributed by atoms with Crippen LogP contribution in [-0.4, -0.2) is 47.6 Å². The summed E-state index contributed by atoms with van der Waals surface area (Å²) in [5.74, 6) is 2.27. The molecule has 1 atom stereocenters. The molecule has 3 heteroatoms. The SMILES string of the molecule is CSCCCN1CC(C)(C2CC2)NCC12CCCCC2. The highest BCUT2D eigenvalue weighted by Crippen LogP contribution is 2.45. The molecule has 1 spiro atoms. The third-order valence-electron chi connectivity index (χ3n) is 6.05. The average molecular weight is 297 g/mol. The van der Waals surface area contributed by atoms with Crippen LogP contribution < -0.4 is 5.32 Å². The van der Waals surface area contributed by atoms with E-state index < -0.39 is 0 Å². The van der Waals surface area contributed by atoms with Crippen LogP contribution >= 0.6 is 11.8 Å². The second-order valence-corrected chi connectivity index (χ2v) is 8.58. The van der Waals surface area contributed by atoms with Crippen LogP contribution in [0.2, 0.25) is 0 Å². The Morgan fingerprint density at radius 1 is 1.20 bits per heavy atom. The van der Waals surface area contributed by atoms with E-state index in [1.165, 1.54) is 76.8 Å². The van der Waals surface area contributed by atoms with Gasteiger partial charge in [-0.1, -0.05) is 19.3 Å². The highest BCUT2D eigenvalue weighted by atomic mass is 32.2. The van der Waals surface area contributed by atoms with Crippen molar-refractivity contribution in [1.82, 2.24) is 10.2 Å². The maximum Gasteiger partial charge on any atom is 0.0334 e. The van der Waals surface area contributed by atoms with Crippen LogP contribution in [0.4, 0.5) is 0 Å². The molecule has 20 heavy (non-hydrogen) atoms. The molecule has 116 valence electrons. The lowest BCUT2D eigenvalue weighted by Crippen LogP contribution is -2.70. The van der Waals surface area contributed by atoms with Crippen LogP contribution in [0.3, 0.4) is 0 Å². The minimum absolute atomic E-state index is 0.405. The monoisotopic (exact) mass is 296 g/mol. The topological polar surface area (TPSA) is 15.3 Å². The van der Waals surface area contributed by atoms with Crippen LogP contribution in [0.15, 0.2) is 0 Å². The third kappa shape index (κ3) is 3.05. The fourth-order valence-electron chi connectivity index (χ4n) is 4.51. The molecule has 1 N–H and O–H groups in total. The van der Waals surface area contributed by atoms with Gasteiger partial charge in [0.05, 0.1) is 0 Å². The van der Waals surface area contributed by atoms with Gasteiger partial charge in [0.15, 0.2) is 0 Å². The summed E-state index contributed by atoms with van der Waals surface area (Å²) in [5.41, 5.74) is 0.910. The molecular weight excluding hydrogens is 264 g/mol. The normalized spacial score (nSPS) is 34.5. The number of rotatable bonds is 5. The molecule has 1 aliphatic heterocycles. The van der Waals surface area contributed by atoms with E-state index in [1.807, 2.05) is 11.8 Å². The molecule has 3 fully saturated rings. The van der Waals surface area contributed by atoms with E-state index in [1.54, 1.807) is 0 Å². The van der Waals surface area contributed by atoms with Crippen LogP contribution in [-0.2, 0) is 0 Å². The van der Waals surface area contributed by atoms with Gasteiger partial charge in [0.1, 0.15) is 0 Å². The Kier molecular flexibility index (Phi) is 4.69. The third-order valence-corrected chi connectivity index (χ3v) is 6.75. The Bertz CT molecular complexity index is 323. The van der Waals surface area contributed by atoms with Crippen LogP contribution in [0.1, 0.15) is 58.3 Å². The van der Waals surface area contributed by atoms with Gasteiger partial charge in [-0.15, -0.1) is 0 Å². The van der Waals surface area contributed by atoms with E-state index in [9.17, 15) is 0 Å². The first kappa shape index (κ1) is 15.2. The summed E-state index contributed by atoms with van der Waals surface area (Å²) in [7, 11) is 0. The Hall–Kier alpha value is 0.270. The molecule has 1 saturated heterocycles. The molecule has 2 saturated carbocycles. The minimum atomic E-state index is 0.405. The number of thioether (sulfide) groups is 1. The summed E-state index contributed by atoms with van der Waals surface area (Å²) in [6, 6.07) is 0. The molecule has 3 rings (SSSR count). The van der Waals surface area contributed by atoms with Crippen molar-refractivity contribution in [2.75, 3.05) is 31.6 Å². The Morgan fingerprint density at radius 3 is 2.60 bits per heavy atom. The smallest absolute Gasteiger partial charge is 0.0334 e. The maximum atomic E-state index is 3.99. The molecule has 1 heterocycles. The minimum Gasteiger partial charge on any atom is -0.308 e. The van der Waals surface area contributed by atoms with Crippen molar-refractivity contribution in [3.05, 3.63) is 0 Å². The van der Waals surface area contributed by atoms with Gasteiger partial charge in [0, 0.05) is 24.2 Å². The standard InChI is InChI=1S/C17H32N2S/c1-16(15-7-8-15)14-19(11-6-12-20-2)17(13-18-16)9-4-3-5-10-17/h15,18H,3-14H2,1-2H3. The highest BCUT2D eigenvalue weighted by molar-refractivity contribution is 7.98. The molecule has 0 aromatic carbocycles. The summed E-state index contributed by atoms with van der Waals surface area (Å²) in [5, 5.41) is 3.99. The number of hydrogen-bond donors (Lipinski definition) is 1. The van der Waals surface area contributed by atoms with Gasteiger partial charge in [0.25, 0.3) is 0 Å². The van der Waals surface area contributed by atoms with Crippen molar-refractivity contribution >= 4 is 11.8 Å². The number of piperazine rings is 1. The molecule has 2 nitrogen and oxygen atoms in total. The second-order valence-electron chi connectivity index (χ2n) is 7.60. The van der Waals surface area contributed by atoms with E-state index in [0.29, 0.717) is 11.1 Å². The highest BCUT2D eigenvalue weighted by Gasteiger charge is 2.50. The Balaban J connectivity index is 1.69. The predicted octanol–water partition coefficient (Wildman–Crippen LogP) is 3.52. The second kappa shape index (κ2) is 6.18. The van der Waals surface area contributed by atoms with Gasteiger partial charge in [-0.05, 0) is 63.5 Å². The molecule has 0 amide bonds. The lowest BCUT2D eigenvalue weighted by molar-refractivity contribution is -0.0202. The quantitative estimate of drug-likeness (QED) is 0.782. The van der Waals surface area contributed by atoms with Gasteiger partial charge < -0.3 is 5.32 Å². The van der Waals surface area contributed by atoms with E-state index >= 15 is 0 Å². The lowest BCUT2D eigenvalue weighted by Gasteiger charge is -2.56. The van der Waals surface area contributed by atoms with Crippen LogP contribution in [0, 0.1) is 5.92 Å². The van der Waals surface area contributed by atoms with Crippen molar-refractivity contribution in [1.29, 1.82) is 0 Å². The van der Waals surface area contributed by atoms with Gasteiger partial charge in [-0.25, -0.2) is 0 Å². The summed E-state index contributed by atoms with van der Waals surface area (Å²) in [6.07, 6.45) is 13.7. The average Bonchev–Trinajstić information content (AvgIpc) is 3.30. The first-order valence-electron chi connectivity index (χ1n) is 8.68. The first-order chi connectivity index (χ1) is 9.69. The van der Waals surface area contributed by atoms with Crippen LogP contribution in [0.25, 0.3) is 0 Å². The van der Waals surface area contributed by atoms with Crippen LogP contribution in [0.5, 0.6) is 0 Å². The van der Waals surface area contributed by atoms with Gasteiger partial charge >= 0.3 is 0 Å². The molecule has 0 aromatic heterocycles. The zero-order chi connectivity index (χ0) is 14.1. The van der Waals surface area contributed by atoms with E-state index in [-0.39, 0.29) is 0 Å². The van der Waals surface area contributed by atoms with Crippen molar-refractivity contribution in [3.63, 3.8) is 0 Å². The fraction of sp³-hybridized carbons (Fsp3) is 1.00. The van der Waals surface area contributed by atoms with E-state index in [2.05, 4.69) is 23.4 Å². The summed E-state index contributed by atoms with van der Waals surface area (Å²) >= 11 is 2.00. The zero-order valence-corrected chi connectivity index (χ0v) is 14.2. The fourth-order valence-corrected chi connectivity index (χ4v) is 4.93. The van der Waals surface area contributed by atoms with Crippen molar-refractivity contribution < 1.29 is 0 Å². The molecular formula is C17H32N2S. The Labute approximate surface area is 129 Å². The largest absolute Gasteiger partial charge is 0.308 e. The Morgan fingerprint density at radius 2 is 1.95 bits per heavy atom. The zero-order valence-electron chi connectivity index (χ0n) is 13.4. The molecule has 0 aromatic rings. The summed E-state index contributed by atoms with van der Waals surface area (Å²) in [6.45, 7) is 6.36. The van der Waals surface area contributed by atoms with E-state index in [4.69, 9.17) is 0 Å². The molecule has 0 bridgehead atoms. The van der Waals surface area contributed by atoms with Crippen molar-refractivity contribution in [2.45, 2.75) is 69.4 Å². The number of nitrogens with one attached hydrogen (secondary N) is 1. The van der Waals surface area contributed by atoms with Crippen molar-refractivity contribution in [3.8, 4) is 0 Å². The maximum absolute atomic E-state index is 3.99. The summed E-state index contributed by atoms with van der Waals surface area (Å²) in [4.78, 5) is 2.91.